The highest BCUT2D eigenvalue weighted by molar-refractivity contribution is 7.92. The van der Waals surface area contributed by atoms with Crippen molar-refractivity contribution in [1.82, 2.24) is 9.97 Å². The number of sulfonamides is 1. The van der Waals surface area contributed by atoms with E-state index in [1.165, 1.54) is 22.6 Å². The number of halogens is 1. The summed E-state index contributed by atoms with van der Waals surface area (Å²) in [6.07, 6.45) is 3.30. The van der Waals surface area contributed by atoms with E-state index >= 15 is 0 Å². The molecule has 0 fully saturated rings. The van der Waals surface area contributed by atoms with E-state index in [1.54, 1.807) is 35.6 Å². The molecule has 0 spiro atoms. The van der Waals surface area contributed by atoms with Gasteiger partial charge in [-0.25, -0.2) is 22.8 Å². The van der Waals surface area contributed by atoms with Crippen molar-refractivity contribution in [3.05, 3.63) is 70.6 Å². The molecule has 5 rings (SSSR count). The first-order valence-electron chi connectivity index (χ1n) is 9.83. The van der Waals surface area contributed by atoms with E-state index in [4.69, 9.17) is 0 Å². The molecule has 0 radical (unpaired) electrons. The van der Waals surface area contributed by atoms with E-state index in [9.17, 15) is 12.8 Å². The number of hydrogen-bond acceptors (Lipinski definition) is 6. The molecule has 2 aromatic heterocycles. The average molecular weight is 455 g/mol. The van der Waals surface area contributed by atoms with Crippen molar-refractivity contribution in [1.29, 1.82) is 0 Å². The number of rotatable bonds is 5. The SMILES string of the molecule is Cc1nc(Nc2ccc(NS(=O)(=O)c3ccc(F)cc3)cc2)c2c3c(sc2n1)CCC3. The van der Waals surface area contributed by atoms with Gasteiger partial charge in [-0.15, -0.1) is 11.3 Å². The number of benzene rings is 2. The number of hydrogen-bond donors (Lipinski definition) is 2. The highest BCUT2D eigenvalue weighted by Gasteiger charge is 2.22. The molecule has 0 unspecified atom stereocenters. The van der Waals surface area contributed by atoms with Crippen LogP contribution in [0.3, 0.4) is 0 Å². The largest absolute Gasteiger partial charge is 0.340 e. The molecule has 0 aliphatic heterocycles. The normalized spacial score (nSPS) is 13.4. The minimum Gasteiger partial charge on any atom is -0.340 e. The second kappa shape index (κ2) is 7.58. The first-order chi connectivity index (χ1) is 14.9. The second-order valence-electron chi connectivity index (χ2n) is 7.42. The van der Waals surface area contributed by atoms with Crippen LogP contribution in [0.1, 0.15) is 22.7 Å². The van der Waals surface area contributed by atoms with Crippen LogP contribution in [0.15, 0.2) is 53.4 Å². The summed E-state index contributed by atoms with van der Waals surface area (Å²) in [7, 11) is -3.79. The summed E-state index contributed by atoms with van der Waals surface area (Å²) in [6.45, 7) is 1.88. The Morgan fingerprint density at radius 1 is 0.968 bits per heavy atom. The molecule has 0 atom stereocenters. The fourth-order valence-electron chi connectivity index (χ4n) is 3.78. The fourth-order valence-corrected chi connectivity index (χ4v) is 6.14. The summed E-state index contributed by atoms with van der Waals surface area (Å²) in [5.74, 6) is 1.000. The Morgan fingerprint density at radius 3 is 2.42 bits per heavy atom. The molecule has 0 saturated heterocycles. The van der Waals surface area contributed by atoms with E-state index < -0.39 is 15.8 Å². The topological polar surface area (TPSA) is 84.0 Å². The Morgan fingerprint density at radius 2 is 1.68 bits per heavy atom. The summed E-state index contributed by atoms with van der Waals surface area (Å²) in [6, 6.07) is 11.6. The molecule has 9 heteroatoms. The van der Waals surface area contributed by atoms with Gasteiger partial charge in [-0.1, -0.05) is 0 Å². The summed E-state index contributed by atoms with van der Waals surface area (Å²) >= 11 is 1.74. The molecule has 1 aliphatic carbocycles. The predicted molar refractivity (Wildman–Crippen MR) is 121 cm³/mol. The van der Waals surface area contributed by atoms with E-state index in [2.05, 4.69) is 20.0 Å². The van der Waals surface area contributed by atoms with Gasteiger partial charge in [0.05, 0.1) is 10.3 Å². The van der Waals surface area contributed by atoms with Crippen molar-refractivity contribution in [2.75, 3.05) is 10.0 Å². The zero-order valence-electron chi connectivity index (χ0n) is 16.6. The molecule has 31 heavy (non-hydrogen) atoms. The predicted octanol–water partition coefficient (Wildman–Crippen LogP) is 5.17. The van der Waals surface area contributed by atoms with Crippen LogP contribution < -0.4 is 10.0 Å². The van der Waals surface area contributed by atoms with Crippen LogP contribution in [-0.2, 0) is 22.9 Å². The lowest BCUT2D eigenvalue weighted by Crippen LogP contribution is -2.12. The quantitative estimate of drug-likeness (QED) is 0.435. The molecule has 2 N–H and O–H groups in total. The molecular weight excluding hydrogens is 435 g/mol. The molecule has 0 saturated carbocycles. The lowest BCUT2D eigenvalue weighted by Gasteiger charge is -2.11. The average Bonchev–Trinajstić information content (AvgIpc) is 3.30. The van der Waals surface area contributed by atoms with Crippen LogP contribution in [0, 0.1) is 12.7 Å². The molecule has 2 aromatic carbocycles. The van der Waals surface area contributed by atoms with Crippen molar-refractivity contribution in [3.63, 3.8) is 0 Å². The first kappa shape index (κ1) is 19.9. The Balaban J connectivity index is 1.39. The van der Waals surface area contributed by atoms with Crippen LogP contribution in [0.25, 0.3) is 10.2 Å². The van der Waals surface area contributed by atoms with Crippen LogP contribution in [0.4, 0.5) is 21.6 Å². The highest BCUT2D eigenvalue weighted by Crippen LogP contribution is 2.40. The van der Waals surface area contributed by atoms with Crippen molar-refractivity contribution in [2.24, 2.45) is 0 Å². The lowest BCUT2D eigenvalue weighted by molar-refractivity contribution is 0.599. The van der Waals surface area contributed by atoms with Gasteiger partial charge in [0.25, 0.3) is 10.0 Å². The van der Waals surface area contributed by atoms with Crippen molar-refractivity contribution >= 4 is 48.8 Å². The molecule has 6 nitrogen and oxygen atoms in total. The maximum absolute atomic E-state index is 13.1. The third kappa shape index (κ3) is 3.86. The third-order valence-corrected chi connectivity index (χ3v) is 7.78. The van der Waals surface area contributed by atoms with Crippen LogP contribution in [0.5, 0.6) is 0 Å². The molecule has 0 bridgehead atoms. The van der Waals surface area contributed by atoms with E-state index in [0.29, 0.717) is 11.5 Å². The van der Waals surface area contributed by atoms with E-state index in [1.807, 2.05) is 6.92 Å². The minimum atomic E-state index is -3.79. The summed E-state index contributed by atoms with van der Waals surface area (Å²) in [5.41, 5.74) is 2.54. The van der Waals surface area contributed by atoms with Gasteiger partial charge in [-0.2, -0.15) is 0 Å². The lowest BCUT2D eigenvalue weighted by atomic mass is 10.2. The molecule has 0 amide bonds. The van der Waals surface area contributed by atoms with Gasteiger partial charge in [-0.3, -0.25) is 4.72 Å². The second-order valence-corrected chi connectivity index (χ2v) is 10.2. The summed E-state index contributed by atoms with van der Waals surface area (Å²) in [4.78, 5) is 11.6. The van der Waals surface area contributed by atoms with Gasteiger partial charge in [0.2, 0.25) is 0 Å². The number of aryl methyl sites for hydroxylation is 3. The van der Waals surface area contributed by atoms with Crippen molar-refractivity contribution in [2.45, 2.75) is 31.1 Å². The van der Waals surface area contributed by atoms with E-state index in [0.717, 1.165) is 53.1 Å². The standard InChI is InChI=1S/C22H19FN4O2S2/c1-13-24-21(20-18-3-2-4-19(18)30-22(20)25-13)26-15-7-9-16(10-8-15)27-31(28,29)17-11-5-14(23)6-12-17/h5-12,27H,2-4H2,1H3,(H,24,25,26). The molecule has 158 valence electrons. The Hall–Kier alpha value is -3.04. The number of fused-ring (bicyclic) bond motifs is 3. The number of nitrogens with one attached hydrogen (secondary N) is 2. The monoisotopic (exact) mass is 454 g/mol. The molecule has 1 aliphatic rings. The number of nitrogens with zero attached hydrogens (tertiary/aromatic N) is 2. The fraction of sp³-hybridized carbons (Fsp3) is 0.182. The Kier molecular flexibility index (Phi) is 4.86. The van der Waals surface area contributed by atoms with Gasteiger partial charge in [-0.05, 0) is 80.3 Å². The maximum Gasteiger partial charge on any atom is 0.261 e. The van der Waals surface area contributed by atoms with Crippen LogP contribution in [-0.4, -0.2) is 18.4 Å². The van der Waals surface area contributed by atoms with Gasteiger partial charge in [0, 0.05) is 16.3 Å². The van der Waals surface area contributed by atoms with Crippen molar-refractivity contribution < 1.29 is 12.8 Å². The number of anilines is 3. The molecule has 2 heterocycles. The smallest absolute Gasteiger partial charge is 0.261 e. The molecular formula is C22H19FN4O2S2. The zero-order valence-corrected chi connectivity index (χ0v) is 18.3. The Bertz CT molecular complexity index is 1380. The van der Waals surface area contributed by atoms with Gasteiger partial charge in [0.15, 0.2) is 0 Å². The van der Waals surface area contributed by atoms with Crippen LogP contribution >= 0.6 is 11.3 Å². The highest BCUT2D eigenvalue weighted by atomic mass is 32.2. The third-order valence-electron chi connectivity index (χ3n) is 5.20. The summed E-state index contributed by atoms with van der Waals surface area (Å²) in [5, 5.41) is 4.46. The van der Waals surface area contributed by atoms with Gasteiger partial charge in [0.1, 0.15) is 22.3 Å². The minimum absolute atomic E-state index is 0.00117. The number of thiophene rings is 1. The van der Waals surface area contributed by atoms with Crippen molar-refractivity contribution in [3.8, 4) is 0 Å². The molecule has 4 aromatic rings. The Labute approximate surface area is 183 Å². The summed E-state index contributed by atoms with van der Waals surface area (Å²) < 4.78 is 40.6. The first-order valence-corrected chi connectivity index (χ1v) is 12.1. The van der Waals surface area contributed by atoms with Crippen LogP contribution in [0.2, 0.25) is 0 Å². The van der Waals surface area contributed by atoms with Gasteiger partial charge < -0.3 is 5.32 Å². The zero-order chi connectivity index (χ0) is 21.6. The maximum atomic E-state index is 13.1. The van der Waals surface area contributed by atoms with E-state index in [-0.39, 0.29) is 4.90 Å². The number of aromatic nitrogens is 2. The van der Waals surface area contributed by atoms with Gasteiger partial charge >= 0.3 is 0 Å².